The molecule has 0 spiro atoms. The van der Waals surface area contributed by atoms with Crippen LogP contribution in [-0.2, 0) is 6.42 Å². The number of aromatic nitrogens is 2. The van der Waals surface area contributed by atoms with Crippen molar-refractivity contribution in [1.29, 1.82) is 0 Å². The molecule has 2 aromatic heterocycles. The van der Waals surface area contributed by atoms with Gasteiger partial charge in [-0.1, -0.05) is 148 Å². The van der Waals surface area contributed by atoms with Gasteiger partial charge in [-0.05, 0) is 99.8 Å². The molecular formula is C52H36IN3. The molecule has 4 heteroatoms. The predicted octanol–water partition coefficient (Wildman–Crippen LogP) is 13.6. The molecule has 0 amide bonds. The molecule has 3 heterocycles. The standard InChI is InChI=1S/C52H36IN3/c1-3-12-35(13-4-1)36-22-24-37(25-23-36)47-30-31-53-52(54-47)40-14-11-17-42(32-40)56-49-21-10-8-19-44(49)46-34-39(27-29-51(46)56)38-26-28-50-45(33-38)43-18-7-9-20-48(43)55(50)41-15-5-2-6-16-41/h1-9,11-20,22-34H,10,21H2. The Hall–Kier alpha value is -6.37. The van der Waals surface area contributed by atoms with Gasteiger partial charge in [-0.2, -0.15) is 0 Å². The number of para-hydroxylation sites is 2. The summed E-state index contributed by atoms with van der Waals surface area (Å²) >= 11 is -0.350. The van der Waals surface area contributed by atoms with Gasteiger partial charge in [-0.3, -0.25) is 0 Å². The Bertz CT molecular complexity index is 3100. The summed E-state index contributed by atoms with van der Waals surface area (Å²) in [5.41, 5.74) is 17.1. The molecule has 3 nitrogen and oxygen atoms in total. The van der Waals surface area contributed by atoms with E-state index in [1.807, 2.05) is 0 Å². The molecule has 0 unspecified atom stereocenters. The molecule has 0 atom stereocenters. The Balaban J connectivity index is 0.968. The van der Waals surface area contributed by atoms with Crippen LogP contribution in [0.1, 0.15) is 28.8 Å². The minimum atomic E-state index is -0.350. The second-order valence-corrected chi connectivity index (χ2v) is 16.8. The first-order chi connectivity index (χ1) is 27.8. The minimum Gasteiger partial charge on any atom is -0.313 e. The Labute approximate surface area is 336 Å². The van der Waals surface area contributed by atoms with E-state index in [0.717, 1.165) is 24.1 Å². The van der Waals surface area contributed by atoms with Gasteiger partial charge in [0.1, 0.15) is 3.72 Å². The second-order valence-electron chi connectivity index (χ2n) is 14.5. The third kappa shape index (κ3) is 5.63. The molecule has 0 fully saturated rings. The van der Waals surface area contributed by atoms with E-state index in [9.17, 15) is 0 Å². The maximum atomic E-state index is 5.27. The molecule has 1 aliphatic heterocycles. The van der Waals surface area contributed by atoms with Crippen molar-refractivity contribution in [3.8, 4) is 33.6 Å². The van der Waals surface area contributed by atoms with Crippen LogP contribution in [0.2, 0.25) is 0 Å². The van der Waals surface area contributed by atoms with Crippen LogP contribution >= 0.6 is 20.7 Å². The van der Waals surface area contributed by atoms with E-state index in [1.165, 1.54) is 86.9 Å². The van der Waals surface area contributed by atoms with Gasteiger partial charge >= 0.3 is 0 Å². The van der Waals surface area contributed by atoms with Gasteiger partial charge in [0.15, 0.2) is 0 Å². The number of nitrogens with zero attached hydrogens (tertiary/aromatic N) is 3. The third-order valence-corrected chi connectivity index (χ3v) is 13.4. The summed E-state index contributed by atoms with van der Waals surface area (Å²) in [7, 11) is 0. The normalized spacial score (nSPS) is 13.8. The van der Waals surface area contributed by atoms with E-state index in [2.05, 4.69) is 201 Å². The lowest BCUT2D eigenvalue weighted by Gasteiger charge is -2.15. The largest absolute Gasteiger partial charge is 0.313 e. The summed E-state index contributed by atoms with van der Waals surface area (Å²) < 4.78 is 8.44. The lowest BCUT2D eigenvalue weighted by Crippen LogP contribution is -2.04. The highest BCUT2D eigenvalue weighted by Gasteiger charge is 2.21. The van der Waals surface area contributed by atoms with Crippen LogP contribution in [-0.4, -0.2) is 16.9 Å². The smallest absolute Gasteiger partial charge is 0.103 e. The van der Waals surface area contributed by atoms with Gasteiger partial charge in [-0.15, -0.1) is 0 Å². The Morgan fingerprint density at radius 3 is 1.91 bits per heavy atom. The average molecular weight is 830 g/mol. The Morgan fingerprint density at radius 2 is 1.09 bits per heavy atom. The van der Waals surface area contributed by atoms with E-state index in [0.29, 0.717) is 0 Å². The number of allylic oxidation sites excluding steroid dienone is 2. The zero-order chi connectivity index (χ0) is 37.0. The van der Waals surface area contributed by atoms with Crippen molar-refractivity contribution in [1.82, 2.24) is 9.13 Å². The number of aliphatic imine (C=N–C) groups is 1. The molecule has 9 aromatic rings. The molecule has 266 valence electrons. The molecule has 0 radical (unpaired) electrons. The molecular weight excluding hydrogens is 793 g/mol. The lowest BCUT2D eigenvalue weighted by atomic mass is 9.98. The van der Waals surface area contributed by atoms with Crippen LogP contribution in [0, 0.1) is 0 Å². The molecule has 56 heavy (non-hydrogen) atoms. The highest BCUT2D eigenvalue weighted by molar-refractivity contribution is 14.2. The highest BCUT2D eigenvalue weighted by atomic mass is 127. The Kier molecular flexibility index (Phi) is 8.09. The summed E-state index contributed by atoms with van der Waals surface area (Å²) in [5, 5.41) is 3.84. The van der Waals surface area contributed by atoms with E-state index < -0.39 is 0 Å². The number of hydrogen-bond acceptors (Lipinski definition) is 1. The SMILES string of the molecule is C1=Cc2c(n(-c3cccc(C4=NC(c5ccc(-c6ccccc6)cc5)=CC=I4)c3)c3ccc(-c4ccc5c(c4)c4ccccc4n5-c4ccccc4)cc23)CC1. The van der Waals surface area contributed by atoms with Crippen LogP contribution in [0.4, 0.5) is 0 Å². The van der Waals surface area contributed by atoms with Gasteiger partial charge < -0.3 is 9.13 Å². The monoisotopic (exact) mass is 829 g/mol. The first-order valence-corrected chi connectivity index (χ1v) is 21.5. The maximum Gasteiger partial charge on any atom is 0.103 e. The van der Waals surface area contributed by atoms with Gasteiger partial charge in [0.05, 0.1) is 22.2 Å². The predicted molar refractivity (Wildman–Crippen MR) is 247 cm³/mol. The maximum absolute atomic E-state index is 5.27. The van der Waals surface area contributed by atoms with Crippen LogP contribution in [0.3, 0.4) is 0 Å². The summed E-state index contributed by atoms with van der Waals surface area (Å²) in [4.78, 5) is 5.27. The van der Waals surface area contributed by atoms with Gasteiger partial charge in [0.25, 0.3) is 0 Å². The van der Waals surface area contributed by atoms with Gasteiger partial charge in [0, 0.05) is 49.9 Å². The number of fused-ring (bicyclic) bond motifs is 6. The molecule has 7 aromatic carbocycles. The third-order valence-electron chi connectivity index (χ3n) is 11.2. The Morgan fingerprint density at radius 1 is 0.464 bits per heavy atom. The van der Waals surface area contributed by atoms with Crippen molar-refractivity contribution < 1.29 is 0 Å². The fourth-order valence-corrected chi connectivity index (χ4v) is 10.5. The zero-order valence-corrected chi connectivity index (χ0v) is 32.8. The van der Waals surface area contributed by atoms with Crippen LogP contribution in [0.25, 0.3) is 78.1 Å². The molecule has 0 N–H and O–H groups in total. The first-order valence-electron chi connectivity index (χ1n) is 19.2. The van der Waals surface area contributed by atoms with Crippen LogP contribution < -0.4 is 0 Å². The van der Waals surface area contributed by atoms with Crippen molar-refractivity contribution in [3.05, 3.63) is 204 Å². The topological polar surface area (TPSA) is 22.2 Å². The first kappa shape index (κ1) is 33.0. The van der Waals surface area contributed by atoms with Gasteiger partial charge in [-0.25, -0.2) is 4.99 Å². The van der Waals surface area contributed by atoms with Crippen LogP contribution in [0.15, 0.2) is 187 Å². The summed E-state index contributed by atoms with van der Waals surface area (Å²) in [6.45, 7) is 0. The number of rotatable bonds is 6. The van der Waals surface area contributed by atoms with E-state index in [-0.39, 0.29) is 20.7 Å². The molecule has 11 rings (SSSR count). The number of halogens is 1. The lowest BCUT2D eigenvalue weighted by molar-refractivity contribution is 0.888. The minimum absolute atomic E-state index is 0.350. The highest BCUT2D eigenvalue weighted by Crippen LogP contribution is 2.39. The summed E-state index contributed by atoms with van der Waals surface area (Å²) in [5.74, 6) is 0. The average Bonchev–Trinajstić information content (AvgIpc) is 3.79. The molecule has 1 aliphatic carbocycles. The number of benzene rings is 7. The molecule has 2 aliphatic rings. The van der Waals surface area contributed by atoms with Crippen molar-refractivity contribution in [2.24, 2.45) is 4.99 Å². The van der Waals surface area contributed by atoms with Crippen molar-refractivity contribution in [3.63, 3.8) is 0 Å². The summed E-state index contributed by atoms with van der Waals surface area (Å²) in [6.07, 6.45) is 8.93. The fourth-order valence-electron chi connectivity index (χ4n) is 8.55. The van der Waals surface area contributed by atoms with E-state index in [1.54, 1.807) is 0 Å². The second kappa shape index (κ2) is 13.7. The van der Waals surface area contributed by atoms with Gasteiger partial charge in [0.2, 0.25) is 0 Å². The molecule has 0 bridgehead atoms. The van der Waals surface area contributed by atoms with E-state index in [4.69, 9.17) is 4.99 Å². The quantitative estimate of drug-likeness (QED) is 0.149. The van der Waals surface area contributed by atoms with Crippen molar-refractivity contribution in [2.45, 2.75) is 12.8 Å². The van der Waals surface area contributed by atoms with Crippen molar-refractivity contribution in [2.75, 3.05) is 0 Å². The van der Waals surface area contributed by atoms with Crippen molar-refractivity contribution >= 4 is 72.9 Å². The number of hydrogen-bond donors (Lipinski definition) is 0. The summed E-state index contributed by atoms with van der Waals surface area (Å²) in [6, 6.07) is 61.9. The fraction of sp³-hybridized carbons (Fsp3) is 0.0385. The molecule has 0 saturated carbocycles. The zero-order valence-electron chi connectivity index (χ0n) is 30.6. The molecule has 0 saturated heterocycles. The van der Waals surface area contributed by atoms with Crippen LogP contribution in [0.5, 0.6) is 0 Å². The van der Waals surface area contributed by atoms with E-state index >= 15 is 0 Å².